The summed E-state index contributed by atoms with van der Waals surface area (Å²) >= 11 is 0. The van der Waals surface area contributed by atoms with Crippen LogP contribution in [0.4, 0.5) is 11.5 Å². The minimum Gasteiger partial charge on any atom is -0.481 e. The number of pyridine rings is 1. The molecule has 2 heterocycles. The van der Waals surface area contributed by atoms with Crippen LogP contribution in [0.15, 0.2) is 84.3 Å². The number of hydrazine groups is 1. The molecule has 0 amide bonds. The number of carboxylic acid groups (broad SMARTS) is 1. The number of aliphatic carboxylic acids is 1. The van der Waals surface area contributed by atoms with Gasteiger partial charge in [-0.1, -0.05) is 48.5 Å². The Hall–Kier alpha value is -4.04. The Morgan fingerprint density at radius 1 is 1.03 bits per heavy atom. The van der Waals surface area contributed by atoms with Gasteiger partial charge in [-0.3, -0.25) is 9.80 Å². The van der Waals surface area contributed by atoms with E-state index in [2.05, 4.69) is 10.2 Å². The normalized spacial score (nSPS) is 17.6. The molecule has 8 heteroatoms. The maximum Gasteiger partial charge on any atom is 0.314 e. The van der Waals surface area contributed by atoms with Crippen molar-refractivity contribution in [3.8, 4) is 11.3 Å². The molecule has 5 rings (SSSR count). The number of nitrogens with two attached hydrogens (primary N) is 2. The van der Waals surface area contributed by atoms with Gasteiger partial charge in [0.15, 0.2) is 0 Å². The van der Waals surface area contributed by atoms with E-state index < -0.39 is 11.4 Å². The molecule has 37 heavy (non-hydrogen) atoms. The predicted octanol–water partition coefficient (Wildman–Crippen LogP) is 4.13. The lowest BCUT2D eigenvalue weighted by atomic mass is 9.92. The fourth-order valence-electron chi connectivity index (χ4n) is 5.14. The number of hydrogen-bond acceptors (Lipinski definition) is 7. The Kier molecular flexibility index (Phi) is 6.76. The molecule has 1 aromatic heterocycles. The van der Waals surface area contributed by atoms with Crippen LogP contribution in [0, 0.1) is 5.92 Å². The monoisotopic (exact) mass is 498 g/mol. The molecular weight excluding hydrogens is 464 g/mol. The van der Waals surface area contributed by atoms with E-state index in [1.165, 1.54) is 5.01 Å². The molecule has 6 N–H and O–H groups in total. The maximum absolute atomic E-state index is 11.6. The second-order valence-electron chi connectivity index (χ2n) is 10.0. The van der Waals surface area contributed by atoms with E-state index in [4.69, 9.17) is 16.6 Å². The Bertz CT molecular complexity index is 1280. The molecule has 0 spiro atoms. The third-order valence-corrected chi connectivity index (χ3v) is 7.57. The zero-order chi connectivity index (χ0) is 26.0. The number of rotatable bonds is 8. The topological polar surface area (TPSA) is 121 Å². The molecule has 0 unspecified atom stereocenters. The lowest BCUT2D eigenvalue weighted by Crippen LogP contribution is -2.39. The number of benzene rings is 2. The first-order chi connectivity index (χ1) is 17.9. The van der Waals surface area contributed by atoms with Crippen molar-refractivity contribution in [2.24, 2.45) is 17.5 Å². The molecule has 3 aromatic rings. The van der Waals surface area contributed by atoms with Crippen LogP contribution in [0.1, 0.15) is 31.2 Å². The van der Waals surface area contributed by atoms with Gasteiger partial charge in [-0.25, -0.2) is 10.8 Å². The summed E-state index contributed by atoms with van der Waals surface area (Å²) in [6.45, 7) is 1.72. The van der Waals surface area contributed by atoms with E-state index >= 15 is 0 Å². The molecule has 0 radical (unpaired) electrons. The summed E-state index contributed by atoms with van der Waals surface area (Å²) in [5, 5.41) is 14.4. The van der Waals surface area contributed by atoms with E-state index in [0.29, 0.717) is 11.6 Å². The van der Waals surface area contributed by atoms with E-state index in [9.17, 15) is 9.90 Å². The summed E-state index contributed by atoms with van der Waals surface area (Å²) in [6.07, 6.45) is 3.22. The molecule has 1 aliphatic heterocycles. The summed E-state index contributed by atoms with van der Waals surface area (Å²) in [6, 6.07) is 23.9. The summed E-state index contributed by atoms with van der Waals surface area (Å²) in [5.41, 5.74) is 10.7. The minimum absolute atomic E-state index is 0.183. The fraction of sp³-hybridized carbons (Fsp3) is 0.310. The van der Waals surface area contributed by atoms with Crippen LogP contribution in [0.5, 0.6) is 0 Å². The third kappa shape index (κ3) is 5.11. The van der Waals surface area contributed by atoms with Gasteiger partial charge in [0.1, 0.15) is 11.6 Å². The van der Waals surface area contributed by atoms with Gasteiger partial charge in [-0.05, 0) is 55.5 Å². The van der Waals surface area contributed by atoms with E-state index in [0.717, 1.165) is 67.0 Å². The maximum atomic E-state index is 11.6. The number of aromatic nitrogens is 1. The zero-order valence-electron chi connectivity index (χ0n) is 21.1. The summed E-state index contributed by atoms with van der Waals surface area (Å²) < 4.78 is 0. The van der Waals surface area contributed by atoms with Crippen molar-refractivity contribution in [2.45, 2.75) is 31.1 Å². The molecule has 2 aromatic carbocycles. The van der Waals surface area contributed by atoms with E-state index in [1.807, 2.05) is 72.8 Å². The highest BCUT2D eigenvalue weighted by molar-refractivity contribution is 5.85. The molecule has 1 aliphatic carbocycles. The second kappa shape index (κ2) is 10.1. The van der Waals surface area contributed by atoms with Crippen molar-refractivity contribution in [2.75, 3.05) is 30.4 Å². The number of piperidine rings is 1. The van der Waals surface area contributed by atoms with Crippen LogP contribution in [-0.4, -0.2) is 41.2 Å². The molecule has 0 bridgehead atoms. The first-order valence-corrected chi connectivity index (χ1v) is 12.7. The standard InChI is InChI=1S/C29H34N6O2/c1-34(31)27(33-25-9-5-8-24(32-25)20-6-3-2-4-7-20)26(30)21-14-18-35(19-15-21)23-12-10-22(11-13-23)29(16-17-29)28(36)37/h2-13,21H,14-19,30-31H2,1H3,(H,32,33)(H,36,37)/b27-26-. The van der Waals surface area contributed by atoms with Crippen LogP contribution in [0.2, 0.25) is 0 Å². The van der Waals surface area contributed by atoms with Gasteiger partial charge >= 0.3 is 5.97 Å². The van der Waals surface area contributed by atoms with Gasteiger partial charge in [0.05, 0.1) is 16.8 Å². The number of allylic oxidation sites excluding steroid dienone is 1. The average Bonchev–Trinajstić information content (AvgIpc) is 3.75. The Morgan fingerprint density at radius 3 is 2.30 bits per heavy atom. The molecule has 0 atom stereocenters. The predicted molar refractivity (Wildman–Crippen MR) is 146 cm³/mol. The first-order valence-electron chi connectivity index (χ1n) is 12.7. The van der Waals surface area contributed by atoms with Crippen molar-refractivity contribution in [1.29, 1.82) is 0 Å². The molecule has 192 valence electrons. The Balaban J connectivity index is 1.26. The first kappa shape index (κ1) is 24.6. The summed E-state index contributed by atoms with van der Waals surface area (Å²) in [4.78, 5) is 18.7. The van der Waals surface area contributed by atoms with Crippen molar-refractivity contribution in [3.05, 3.63) is 89.9 Å². The molecule has 2 fully saturated rings. The highest BCUT2D eigenvalue weighted by Crippen LogP contribution is 2.48. The van der Waals surface area contributed by atoms with Crippen molar-refractivity contribution in [3.63, 3.8) is 0 Å². The van der Waals surface area contributed by atoms with Gasteiger partial charge in [0, 0.05) is 37.3 Å². The van der Waals surface area contributed by atoms with Crippen LogP contribution >= 0.6 is 0 Å². The molecule has 2 aliphatic rings. The van der Waals surface area contributed by atoms with Crippen LogP contribution in [0.3, 0.4) is 0 Å². The van der Waals surface area contributed by atoms with Crippen molar-refractivity contribution >= 4 is 17.5 Å². The molecular formula is C29H34N6O2. The van der Waals surface area contributed by atoms with E-state index in [-0.39, 0.29) is 5.92 Å². The molecule has 1 saturated carbocycles. The van der Waals surface area contributed by atoms with E-state index in [1.54, 1.807) is 7.05 Å². The summed E-state index contributed by atoms with van der Waals surface area (Å²) in [7, 11) is 1.77. The Morgan fingerprint density at radius 2 is 1.70 bits per heavy atom. The lowest BCUT2D eigenvalue weighted by Gasteiger charge is -2.35. The largest absolute Gasteiger partial charge is 0.481 e. The lowest BCUT2D eigenvalue weighted by molar-refractivity contribution is -0.140. The fourth-order valence-corrected chi connectivity index (χ4v) is 5.14. The van der Waals surface area contributed by atoms with Crippen LogP contribution in [-0.2, 0) is 10.2 Å². The highest BCUT2D eigenvalue weighted by atomic mass is 16.4. The summed E-state index contributed by atoms with van der Waals surface area (Å²) in [5.74, 6) is 6.99. The zero-order valence-corrected chi connectivity index (χ0v) is 21.1. The van der Waals surface area contributed by atoms with Crippen LogP contribution < -0.4 is 21.8 Å². The van der Waals surface area contributed by atoms with Gasteiger partial charge in [0.2, 0.25) is 0 Å². The van der Waals surface area contributed by atoms with Crippen molar-refractivity contribution in [1.82, 2.24) is 9.99 Å². The Labute approximate surface area is 217 Å². The minimum atomic E-state index is -0.723. The highest BCUT2D eigenvalue weighted by Gasteiger charge is 2.51. The van der Waals surface area contributed by atoms with Gasteiger partial charge in [-0.2, -0.15) is 0 Å². The van der Waals surface area contributed by atoms with Gasteiger partial charge in [-0.15, -0.1) is 0 Å². The number of nitrogens with one attached hydrogen (secondary N) is 1. The number of hydrogen-bond donors (Lipinski definition) is 4. The van der Waals surface area contributed by atoms with Crippen LogP contribution in [0.25, 0.3) is 11.3 Å². The number of carboxylic acids is 1. The third-order valence-electron chi connectivity index (χ3n) is 7.57. The second-order valence-corrected chi connectivity index (χ2v) is 10.0. The molecule has 8 nitrogen and oxygen atoms in total. The number of nitrogens with zero attached hydrogens (tertiary/aromatic N) is 3. The number of carbonyl (C=O) groups is 1. The molecule has 1 saturated heterocycles. The number of anilines is 2. The SMILES string of the molecule is CN(N)/C(Nc1cccc(-c2ccccc2)n1)=C(\N)C1CCN(c2ccc(C3(C(=O)O)CC3)cc2)CC1. The smallest absolute Gasteiger partial charge is 0.314 e. The van der Waals surface area contributed by atoms with Gasteiger partial charge in [0.25, 0.3) is 0 Å². The van der Waals surface area contributed by atoms with Crippen molar-refractivity contribution < 1.29 is 9.90 Å². The quantitative estimate of drug-likeness (QED) is 0.270. The average molecular weight is 499 g/mol. The van der Waals surface area contributed by atoms with Gasteiger partial charge < -0.3 is 21.1 Å².